The van der Waals surface area contributed by atoms with E-state index >= 15 is 0 Å². The molecule has 0 rings (SSSR count). The average Bonchev–Trinajstić information content (AvgIpc) is 2.24. The maximum atomic E-state index is 11.5. The zero-order valence-corrected chi connectivity index (χ0v) is 9.03. The Balaban J connectivity index is 4.87. The minimum atomic E-state index is -2.41. The summed E-state index contributed by atoms with van der Waals surface area (Å²) < 4.78 is 0. The second-order valence-electron chi connectivity index (χ2n) is 3.38. The van der Waals surface area contributed by atoms with Crippen LogP contribution in [0.1, 0.15) is 12.8 Å². The van der Waals surface area contributed by atoms with Gasteiger partial charge in [-0.3, -0.25) is 19.2 Å². The van der Waals surface area contributed by atoms with Crippen LogP contribution in [0.15, 0.2) is 0 Å². The van der Waals surface area contributed by atoms with E-state index in [1.165, 1.54) is 0 Å². The largest absolute Gasteiger partial charge is 0.481 e. The Kier molecular flexibility index (Phi) is 5.63. The van der Waals surface area contributed by atoms with Crippen molar-refractivity contribution in [2.24, 2.45) is 11.7 Å². The third-order valence-corrected chi connectivity index (χ3v) is 2.04. The summed E-state index contributed by atoms with van der Waals surface area (Å²) in [6.07, 6.45) is -0.884. The third-order valence-electron chi connectivity index (χ3n) is 2.04. The molecule has 2 unspecified atom stereocenters. The third kappa shape index (κ3) is 4.29. The number of Topliss-reactive ketones (excluding diaryl/α,β-unsaturated/α-hetero) is 2. The number of hydrogen-bond donors (Lipinski definition) is 4. The van der Waals surface area contributed by atoms with Crippen molar-refractivity contribution in [1.82, 2.24) is 0 Å². The minimum Gasteiger partial charge on any atom is -0.481 e. The highest BCUT2D eigenvalue weighted by Gasteiger charge is 2.40. The molecule has 100 valence electrons. The molecular formula is C9H11NO8. The number of carbonyl (C=O) groups is 5. The maximum Gasteiger partial charge on any atom is 0.373 e. The fraction of sp³-hybridized carbons (Fsp3) is 0.444. The van der Waals surface area contributed by atoms with Gasteiger partial charge in [0, 0.05) is 6.42 Å². The van der Waals surface area contributed by atoms with E-state index in [1.54, 1.807) is 0 Å². The van der Waals surface area contributed by atoms with Crippen LogP contribution in [0.25, 0.3) is 0 Å². The topological polar surface area (TPSA) is 172 Å². The molecule has 9 nitrogen and oxygen atoms in total. The fourth-order valence-electron chi connectivity index (χ4n) is 1.12. The highest BCUT2D eigenvalue weighted by Crippen LogP contribution is 2.08. The van der Waals surface area contributed by atoms with Gasteiger partial charge in [-0.05, 0) is 6.42 Å². The summed E-state index contributed by atoms with van der Waals surface area (Å²) in [4.78, 5) is 53.7. The van der Waals surface area contributed by atoms with Crippen LogP contribution in [0.5, 0.6) is 0 Å². The molecule has 0 aromatic rings. The van der Waals surface area contributed by atoms with Gasteiger partial charge in [0.2, 0.25) is 0 Å². The molecular weight excluding hydrogens is 250 g/mol. The standard InChI is InChI=1S/C9H11NO8/c10-3(1-2-4(11)12)6(13)5(8(15)16)7(14)9(17)18/h3,5H,1-2,10H2,(H,11,12)(H,15,16)(H,17,18). The van der Waals surface area contributed by atoms with E-state index in [-0.39, 0.29) is 6.42 Å². The summed E-state index contributed by atoms with van der Waals surface area (Å²) in [5, 5.41) is 25.3. The molecule has 2 atom stereocenters. The number of rotatable bonds is 8. The molecule has 0 aromatic carbocycles. The van der Waals surface area contributed by atoms with Gasteiger partial charge in [-0.25, -0.2) is 4.79 Å². The molecule has 0 amide bonds. The zero-order valence-electron chi connectivity index (χ0n) is 9.03. The summed E-state index contributed by atoms with van der Waals surface area (Å²) in [5.41, 5.74) is 5.22. The highest BCUT2D eigenvalue weighted by atomic mass is 16.4. The van der Waals surface area contributed by atoms with E-state index in [2.05, 4.69) is 0 Å². The monoisotopic (exact) mass is 261 g/mol. The second kappa shape index (κ2) is 6.45. The van der Waals surface area contributed by atoms with Crippen molar-refractivity contribution in [1.29, 1.82) is 0 Å². The first kappa shape index (κ1) is 15.7. The van der Waals surface area contributed by atoms with E-state index in [0.29, 0.717) is 0 Å². The Morgan fingerprint density at radius 1 is 1.00 bits per heavy atom. The van der Waals surface area contributed by atoms with Gasteiger partial charge in [0.15, 0.2) is 11.7 Å². The molecule has 0 aromatic heterocycles. The number of nitrogens with two attached hydrogens (primary N) is 1. The van der Waals surface area contributed by atoms with Gasteiger partial charge in [0.1, 0.15) is 0 Å². The van der Waals surface area contributed by atoms with E-state index in [1.807, 2.05) is 0 Å². The molecule has 0 bridgehead atoms. The van der Waals surface area contributed by atoms with E-state index in [4.69, 9.17) is 21.1 Å². The molecule has 0 spiro atoms. The van der Waals surface area contributed by atoms with Gasteiger partial charge in [-0.2, -0.15) is 0 Å². The lowest BCUT2D eigenvalue weighted by Crippen LogP contribution is -2.45. The number of carboxylic acids is 3. The van der Waals surface area contributed by atoms with Crippen LogP contribution in [-0.4, -0.2) is 50.8 Å². The van der Waals surface area contributed by atoms with E-state index < -0.39 is 47.9 Å². The molecule has 18 heavy (non-hydrogen) atoms. The van der Waals surface area contributed by atoms with Gasteiger partial charge >= 0.3 is 17.9 Å². The average molecular weight is 261 g/mol. The van der Waals surface area contributed by atoms with Gasteiger partial charge in [-0.15, -0.1) is 0 Å². The number of ketones is 2. The van der Waals surface area contributed by atoms with Crippen LogP contribution in [0.2, 0.25) is 0 Å². The first-order valence-corrected chi connectivity index (χ1v) is 4.69. The normalized spacial score (nSPS) is 13.4. The molecule has 0 radical (unpaired) electrons. The first-order chi connectivity index (χ1) is 8.18. The maximum absolute atomic E-state index is 11.5. The second-order valence-corrected chi connectivity index (χ2v) is 3.38. The van der Waals surface area contributed by atoms with E-state index in [0.717, 1.165) is 0 Å². The Labute approximate surface area is 100 Å². The minimum absolute atomic E-state index is 0.384. The van der Waals surface area contributed by atoms with Crippen molar-refractivity contribution < 1.29 is 39.3 Å². The number of hydrogen-bond acceptors (Lipinski definition) is 6. The summed E-state index contributed by atoms with van der Waals surface area (Å²) in [6.45, 7) is 0. The van der Waals surface area contributed by atoms with Crippen molar-refractivity contribution in [3.05, 3.63) is 0 Å². The molecule has 0 saturated carbocycles. The van der Waals surface area contributed by atoms with Crippen LogP contribution >= 0.6 is 0 Å². The van der Waals surface area contributed by atoms with Crippen molar-refractivity contribution in [3.63, 3.8) is 0 Å². The molecule has 0 aliphatic rings. The first-order valence-electron chi connectivity index (χ1n) is 4.69. The van der Waals surface area contributed by atoms with Crippen LogP contribution in [0.3, 0.4) is 0 Å². The molecule has 0 aliphatic heterocycles. The van der Waals surface area contributed by atoms with Gasteiger partial charge < -0.3 is 21.1 Å². The zero-order chi connectivity index (χ0) is 14.5. The van der Waals surface area contributed by atoms with Gasteiger partial charge in [0.25, 0.3) is 5.78 Å². The summed E-state index contributed by atoms with van der Waals surface area (Å²) in [7, 11) is 0. The summed E-state index contributed by atoms with van der Waals surface area (Å²) >= 11 is 0. The van der Waals surface area contributed by atoms with Crippen LogP contribution in [0, 0.1) is 5.92 Å². The predicted molar refractivity (Wildman–Crippen MR) is 53.6 cm³/mol. The fourth-order valence-corrected chi connectivity index (χ4v) is 1.12. The molecule has 0 aliphatic carbocycles. The number of aliphatic carboxylic acids is 3. The highest BCUT2D eigenvalue weighted by molar-refractivity contribution is 6.42. The van der Waals surface area contributed by atoms with Crippen molar-refractivity contribution in [3.8, 4) is 0 Å². The Hall–Kier alpha value is -2.29. The summed E-state index contributed by atoms with van der Waals surface area (Å²) in [6, 6.07) is -1.52. The SMILES string of the molecule is NC(CCC(=O)O)C(=O)C(C(=O)O)C(=O)C(=O)O. The lowest BCUT2D eigenvalue weighted by atomic mass is 9.92. The molecule has 0 saturated heterocycles. The van der Waals surface area contributed by atoms with Gasteiger partial charge in [-0.1, -0.05) is 0 Å². The van der Waals surface area contributed by atoms with Crippen LogP contribution < -0.4 is 5.73 Å². The lowest BCUT2D eigenvalue weighted by molar-refractivity contribution is -0.159. The van der Waals surface area contributed by atoms with Crippen molar-refractivity contribution >= 4 is 29.5 Å². The molecule has 0 fully saturated rings. The molecule has 0 heterocycles. The Bertz CT molecular complexity index is 401. The van der Waals surface area contributed by atoms with Gasteiger partial charge in [0.05, 0.1) is 6.04 Å². The van der Waals surface area contributed by atoms with Crippen LogP contribution in [0.4, 0.5) is 0 Å². The number of carbonyl (C=O) groups excluding carboxylic acids is 2. The van der Waals surface area contributed by atoms with E-state index in [9.17, 15) is 24.0 Å². The Morgan fingerprint density at radius 2 is 1.50 bits per heavy atom. The summed E-state index contributed by atoms with van der Waals surface area (Å²) in [5.74, 6) is -10.8. The Morgan fingerprint density at radius 3 is 1.83 bits per heavy atom. The number of carboxylic acid groups (broad SMARTS) is 3. The smallest absolute Gasteiger partial charge is 0.373 e. The van der Waals surface area contributed by atoms with Crippen molar-refractivity contribution in [2.45, 2.75) is 18.9 Å². The quantitative estimate of drug-likeness (QED) is 0.287. The lowest BCUT2D eigenvalue weighted by Gasteiger charge is -2.13. The van der Waals surface area contributed by atoms with Crippen molar-refractivity contribution in [2.75, 3.05) is 0 Å². The molecule has 5 N–H and O–H groups in total. The predicted octanol–water partition coefficient (Wildman–Crippen LogP) is -1.90. The van der Waals surface area contributed by atoms with Crippen LogP contribution in [-0.2, 0) is 24.0 Å². The molecule has 9 heteroatoms.